The number of carbonyl (C=O) groups excluding carboxylic acids is 2. The number of ether oxygens (including phenoxy) is 1. The van der Waals surface area contributed by atoms with Crippen LogP contribution in [-0.4, -0.2) is 55.6 Å². The molecule has 1 aromatic carbocycles. The number of rotatable bonds is 5. The van der Waals surface area contributed by atoms with Crippen molar-refractivity contribution in [1.29, 1.82) is 0 Å². The van der Waals surface area contributed by atoms with Crippen molar-refractivity contribution in [3.8, 4) is 17.3 Å². The molecule has 35 heavy (non-hydrogen) atoms. The summed E-state index contributed by atoms with van der Waals surface area (Å²) in [6, 6.07) is 9.06. The third kappa shape index (κ3) is 5.01. The van der Waals surface area contributed by atoms with Gasteiger partial charge >= 0.3 is 0 Å². The van der Waals surface area contributed by atoms with E-state index in [9.17, 15) is 9.59 Å². The van der Waals surface area contributed by atoms with Crippen LogP contribution in [0.4, 0.5) is 5.82 Å². The Kier molecular flexibility index (Phi) is 6.56. The van der Waals surface area contributed by atoms with E-state index in [0.717, 1.165) is 11.1 Å². The molecule has 3 aromatic rings. The van der Waals surface area contributed by atoms with Crippen molar-refractivity contribution in [2.24, 2.45) is 5.41 Å². The van der Waals surface area contributed by atoms with E-state index >= 15 is 0 Å². The zero-order valence-electron chi connectivity index (χ0n) is 21.0. The van der Waals surface area contributed by atoms with Crippen LogP contribution in [0.3, 0.4) is 0 Å². The third-order valence-corrected chi connectivity index (χ3v) is 5.91. The largest absolute Gasteiger partial charge is 0.496 e. The molecule has 0 bridgehead atoms. The van der Waals surface area contributed by atoms with Crippen LogP contribution in [-0.2, 0) is 17.8 Å². The maximum atomic E-state index is 13.3. The van der Waals surface area contributed by atoms with E-state index < -0.39 is 5.41 Å². The number of anilines is 1. The second-order valence-electron chi connectivity index (χ2n) is 9.95. The molecule has 1 aliphatic rings. The monoisotopic (exact) mass is 477 g/mol. The van der Waals surface area contributed by atoms with Crippen LogP contribution < -0.4 is 10.1 Å². The van der Waals surface area contributed by atoms with Crippen LogP contribution in [0.15, 0.2) is 30.3 Å². The first-order chi connectivity index (χ1) is 16.6. The summed E-state index contributed by atoms with van der Waals surface area (Å²) in [4.78, 5) is 32.5. The molecular formula is C25H31N7O3. The molecule has 0 spiro atoms. The van der Waals surface area contributed by atoms with Gasteiger partial charge in [-0.3, -0.25) is 9.59 Å². The van der Waals surface area contributed by atoms with Crippen molar-refractivity contribution < 1.29 is 14.3 Å². The zero-order chi connectivity index (χ0) is 25.3. The Hall–Kier alpha value is -3.82. The maximum absolute atomic E-state index is 13.3. The number of nitrogens with one attached hydrogen (secondary N) is 1. The van der Waals surface area contributed by atoms with Gasteiger partial charge in [0.05, 0.1) is 18.7 Å². The number of benzene rings is 1. The molecule has 4 rings (SSSR count). The molecule has 1 aliphatic heterocycles. The molecule has 0 radical (unpaired) electrons. The molecule has 3 heterocycles. The van der Waals surface area contributed by atoms with Crippen LogP contribution in [0.25, 0.3) is 11.5 Å². The first kappa shape index (κ1) is 24.3. The van der Waals surface area contributed by atoms with Gasteiger partial charge in [0.15, 0.2) is 0 Å². The molecule has 2 amide bonds. The van der Waals surface area contributed by atoms with Crippen molar-refractivity contribution >= 4 is 17.6 Å². The lowest BCUT2D eigenvalue weighted by molar-refractivity contribution is -0.140. The Morgan fingerprint density at radius 2 is 1.91 bits per heavy atom. The molecule has 1 N–H and O–H groups in total. The Bertz CT molecular complexity index is 1260. The predicted molar refractivity (Wildman–Crippen MR) is 131 cm³/mol. The van der Waals surface area contributed by atoms with Gasteiger partial charge in [-0.2, -0.15) is 0 Å². The number of nitrogens with zero attached hydrogens (tertiary/aromatic N) is 6. The summed E-state index contributed by atoms with van der Waals surface area (Å²) in [5.41, 5.74) is 2.50. The highest BCUT2D eigenvalue weighted by Crippen LogP contribution is 2.30. The van der Waals surface area contributed by atoms with Gasteiger partial charge in [0.1, 0.15) is 17.3 Å². The van der Waals surface area contributed by atoms with Crippen molar-refractivity contribution in [1.82, 2.24) is 30.1 Å². The molecule has 10 heteroatoms. The summed E-state index contributed by atoms with van der Waals surface area (Å²) in [6.45, 7) is 10.8. The number of hydrogen-bond donors (Lipinski definition) is 1. The van der Waals surface area contributed by atoms with Crippen LogP contribution in [0.2, 0.25) is 0 Å². The van der Waals surface area contributed by atoms with Crippen LogP contribution in [0.1, 0.15) is 62.1 Å². The minimum absolute atomic E-state index is 0.0598. The molecule has 0 unspecified atom stereocenters. The summed E-state index contributed by atoms with van der Waals surface area (Å²) in [6.07, 6.45) is 0.712. The highest BCUT2D eigenvalue weighted by Gasteiger charge is 2.30. The summed E-state index contributed by atoms with van der Waals surface area (Å²) in [5.74, 6) is 1.12. The van der Waals surface area contributed by atoms with E-state index in [1.165, 1.54) is 0 Å². The first-order valence-electron chi connectivity index (χ1n) is 11.6. The minimum Gasteiger partial charge on any atom is -0.496 e. The topological polar surface area (TPSA) is 115 Å². The summed E-state index contributed by atoms with van der Waals surface area (Å²) < 4.78 is 7.20. The van der Waals surface area contributed by atoms with Gasteiger partial charge in [0.2, 0.25) is 11.7 Å². The fourth-order valence-electron chi connectivity index (χ4n) is 4.10. The summed E-state index contributed by atoms with van der Waals surface area (Å²) in [7, 11) is 1.54. The van der Waals surface area contributed by atoms with Gasteiger partial charge in [-0.25, -0.2) is 9.67 Å². The second-order valence-corrected chi connectivity index (χ2v) is 9.95. The number of tetrazole rings is 1. The molecular weight excluding hydrogens is 446 g/mol. The van der Waals surface area contributed by atoms with Crippen molar-refractivity contribution in [3.05, 3.63) is 47.0 Å². The van der Waals surface area contributed by atoms with Gasteiger partial charge < -0.3 is 15.0 Å². The number of amides is 2. The first-order valence-corrected chi connectivity index (χ1v) is 11.6. The number of methoxy groups -OCH3 is 1. The SMILES string of the molecule is COc1cc2c(cc1C(=O)Nc1cccc(-c3nnnn3C(C)C)n1)CN(C(=O)C(C)(C)C)CC2. The smallest absolute Gasteiger partial charge is 0.260 e. The normalized spacial score (nSPS) is 13.5. The van der Waals surface area contributed by atoms with E-state index in [0.29, 0.717) is 48.2 Å². The number of carbonyl (C=O) groups is 2. The van der Waals surface area contributed by atoms with Gasteiger partial charge in [-0.1, -0.05) is 26.8 Å². The Balaban J connectivity index is 1.60. The van der Waals surface area contributed by atoms with E-state index in [-0.39, 0.29) is 17.9 Å². The van der Waals surface area contributed by atoms with Crippen LogP contribution in [0.5, 0.6) is 5.75 Å². The molecule has 184 valence electrons. The lowest BCUT2D eigenvalue weighted by atomic mass is 9.91. The van der Waals surface area contributed by atoms with E-state index in [1.807, 2.05) is 51.7 Å². The van der Waals surface area contributed by atoms with Crippen LogP contribution >= 0.6 is 0 Å². The number of pyridine rings is 1. The van der Waals surface area contributed by atoms with Gasteiger partial charge in [-0.15, -0.1) is 5.10 Å². The third-order valence-electron chi connectivity index (χ3n) is 5.91. The lowest BCUT2D eigenvalue weighted by Gasteiger charge is -2.34. The zero-order valence-corrected chi connectivity index (χ0v) is 21.0. The van der Waals surface area contributed by atoms with Crippen molar-refractivity contribution in [2.45, 2.75) is 53.6 Å². The maximum Gasteiger partial charge on any atom is 0.260 e. The van der Waals surface area contributed by atoms with E-state index in [1.54, 1.807) is 30.0 Å². The van der Waals surface area contributed by atoms with Gasteiger partial charge in [0.25, 0.3) is 5.91 Å². The number of aromatic nitrogens is 5. The quantitative estimate of drug-likeness (QED) is 0.598. The number of fused-ring (bicyclic) bond motifs is 1. The molecule has 0 fully saturated rings. The highest BCUT2D eigenvalue weighted by atomic mass is 16.5. The summed E-state index contributed by atoms with van der Waals surface area (Å²) in [5, 5.41) is 14.7. The van der Waals surface area contributed by atoms with Gasteiger partial charge in [-0.05, 0) is 66.1 Å². The second kappa shape index (κ2) is 9.44. The lowest BCUT2D eigenvalue weighted by Crippen LogP contribution is -2.42. The van der Waals surface area contributed by atoms with Crippen LogP contribution in [0, 0.1) is 5.41 Å². The molecule has 2 aromatic heterocycles. The van der Waals surface area contributed by atoms with Gasteiger partial charge in [0, 0.05) is 18.5 Å². The predicted octanol–water partition coefficient (Wildman–Crippen LogP) is 3.51. The molecule has 0 saturated heterocycles. The standard InChI is InChI=1S/C25H31N7O3/c1-15(2)32-22(28-29-30-32)19-8-7-9-21(26-19)27-23(33)18-12-17-14-31(24(34)25(3,4)5)11-10-16(17)13-20(18)35-6/h7-9,12-13,15H,10-11,14H2,1-6H3,(H,26,27,33). The van der Waals surface area contributed by atoms with E-state index in [2.05, 4.69) is 25.8 Å². The minimum atomic E-state index is -0.462. The van der Waals surface area contributed by atoms with E-state index in [4.69, 9.17) is 4.74 Å². The molecule has 0 aliphatic carbocycles. The highest BCUT2D eigenvalue weighted by molar-refractivity contribution is 6.06. The Morgan fingerprint density at radius 1 is 1.14 bits per heavy atom. The fraction of sp³-hybridized carbons (Fsp3) is 0.440. The molecule has 10 nitrogen and oxygen atoms in total. The fourth-order valence-corrected chi connectivity index (χ4v) is 4.10. The molecule has 0 atom stereocenters. The average molecular weight is 478 g/mol. The average Bonchev–Trinajstić information content (AvgIpc) is 3.32. The van der Waals surface area contributed by atoms with Crippen molar-refractivity contribution in [3.63, 3.8) is 0 Å². The van der Waals surface area contributed by atoms with Crippen molar-refractivity contribution in [2.75, 3.05) is 19.0 Å². The Labute approximate surface area is 204 Å². The number of hydrogen-bond acceptors (Lipinski definition) is 7. The Morgan fingerprint density at radius 3 is 2.60 bits per heavy atom. The summed E-state index contributed by atoms with van der Waals surface area (Å²) >= 11 is 0. The molecule has 0 saturated carbocycles.